The summed E-state index contributed by atoms with van der Waals surface area (Å²) in [6.45, 7) is 10.2. The third-order valence-electron chi connectivity index (χ3n) is 5.97. The van der Waals surface area contributed by atoms with E-state index in [0.717, 1.165) is 28.0 Å². The van der Waals surface area contributed by atoms with Gasteiger partial charge < -0.3 is 10.1 Å². The van der Waals surface area contributed by atoms with Crippen LogP contribution in [0.2, 0.25) is 0 Å². The topological polar surface area (TPSA) is 75.7 Å². The molecule has 2 aromatic carbocycles. The molecule has 0 spiro atoms. The summed E-state index contributed by atoms with van der Waals surface area (Å²) < 4.78 is 32.4. The Labute approximate surface area is 192 Å². The molecular weight excluding hydrogens is 424 g/mol. The van der Waals surface area contributed by atoms with Crippen molar-refractivity contribution in [3.8, 4) is 5.75 Å². The van der Waals surface area contributed by atoms with Crippen LogP contribution in [0.4, 0.5) is 5.69 Å². The number of sulfonamides is 1. The fourth-order valence-corrected chi connectivity index (χ4v) is 5.24. The number of rotatable bonds is 7. The summed E-state index contributed by atoms with van der Waals surface area (Å²) in [5, 5.41) is 3.14. The van der Waals surface area contributed by atoms with Crippen LogP contribution in [0, 0.1) is 20.8 Å². The average molecular weight is 459 g/mol. The van der Waals surface area contributed by atoms with Crippen LogP contribution in [0.5, 0.6) is 5.75 Å². The third-order valence-corrected chi connectivity index (χ3v) is 7.15. The van der Waals surface area contributed by atoms with Gasteiger partial charge in [-0.1, -0.05) is 29.8 Å². The highest BCUT2D eigenvalue weighted by Crippen LogP contribution is 2.40. The Kier molecular flexibility index (Phi) is 6.89. The SMILES string of the molecule is Cc1ccc2c(c1)[C@H](NC(=O)CCCN(c1cccc(C)c1C)S(C)(=O)=O)CC(C)(C)O2. The molecule has 1 atom stereocenters. The monoisotopic (exact) mass is 458 g/mol. The minimum Gasteiger partial charge on any atom is -0.487 e. The lowest BCUT2D eigenvalue weighted by molar-refractivity contribution is -0.122. The minimum atomic E-state index is -3.46. The zero-order valence-corrected chi connectivity index (χ0v) is 20.7. The van der Waals surface area contributed by atoms with Gasteiger partial charge >= 0.3 is 0 Å². The van der Waals surface area contributed by atoms with E-state index in [9.17, 15) is 13.2 Å². The Bertz CT molecular complexity index is 1110. The van der Waals surface area contributed by atoms with Gasteiger partial charge in [0, 0.05) is 24.9 Å². The van der Waals surface area contributed by atoms with Gasteiger partial charge in [0.05, 0.1) is 18.0 Å². The fraction of sp³-hybridized carbons (Fsp3) is 0.480. The highest BCUT2D eigenvalue weighted by molar-refractivity contribution is 7.92. The first-order valence-electron chi connectivity index (χ1n) is 11.0. The summed E-state index contributed by atoms with van der Waals surface area (Å²) >= 11 is 0. The molecule has 32 heavy (non-hydrogen) atoms. The number of carbonyl (C=O) groups excluding carboxylic acids is 1. The van der Waals surface area contributed by atoms with E-state index >= 15 is 0 Å². The Hall–Kier alpha value is -2.54. The van der Waals surface area contributed by atoms with Crippen LogP contribution in [-0.4, -0.2) is 32.7 Å². The second-order valence-corrected chi connectivity index (χ2v) is 11.3. The number of nitrogens with one attached hydrogen (secondary N) is 1. The van der Waals surface area contributed by atoms with Crippen molar-refractivity contribution in [3.63, 3.8) is 0 Å². The van der Waals surface area contributed by atoms with E-state index in [0.29, 0.717) is 18.5 Å². The van der Waals surface area contributed by atoms with Gasteiger partial charge in [-0.3, -0.25) is 9.10 Å². The predicted octanol–water partition coefficient (Wildman–Crippen LogP) is 4.58. The molecule has 1 aliphatic rings. The summed E-state index contributed by atoms with van der Waals surface area (Å²) in [6, 6.07) is 11.5. The number of hydrogen-bond acceptors (Lipinski definition) is 4. The Morgan fingerprint density at radius 3 is 2.59 bits per heavy atom. The summed E-state index contributed by atoms with van der Waals surface area (Å²) in [5.74, 6) is 0.713. The molecule has 1 N–H and O–H groups in total. The number of hydrogen-bond donors (Lipinski definition) is 1. The number of nitrogens with zero attached hydrogens (tertiary/aromatic N) is 1. The highest BCUT2D eigenvalue weighted by atomic mass is 32.2. The predicted molar refractivity (Wildman–Crippen MR) is 129 cm³/mol. The largest absolute Gasteiger partial charge is 0.487 e. The normalized spacial score (nSPS) is 17.2. The van der Waals surface area contributed by atoms with Crippen LogP contribution in [0.15, 0.2) is 36.4 Å². The van der Waals surface area contributed by atoms with E-state index in [1.165, 1.54) is 10.6 Å². The second-order valence-electron chi connectivity index (χ2n) is 9.38. The summed E-state index contributed by atoms with van der Waals surface area (Å²) in [7, 11) is -3.46. The van der Waals surface area contributed by atoms with Crippen LogP contribution in [-0.2, 0) is 14.8 Å². The second kappa shape index (κ2) is 9.14. The molecule has 1 aliphatic heterocycles. The van der Waals surface area contributed by atoms with Gasteiger partial charge in [-0.15, -0.1) is 0 Å². The molecule has 174 valence electrons. The maximum atomic E-state index is 12.8. The highest BCUT2D eigenvalue weighted by Gasteiger charge is 2.34. The Morgan fingerprint density at radius 1 is 1.19 bits per heavy atom. The Balaban J connectivity index is 1.68. The first kappa shape index (κ1) is 24.1. The van der Waals surface area contributed by atoms with Gasteiger partial charge in [-0.25, -0.2) is 8.42 Å². The third kappa shape index (κ3) is 5.63. The molecule has 0 saturated heterocycles. The van der Waals surface area contributed by atoms with Crippen molar-refractivity contribution < 1.29 is 17.9 Å². The number of anilines is 1. The molecule has 6 nitrogen and oxygen atoms in total. The number of ether oxygens (including phenoxy) is 1. The minimum absolute atomic E-state index is 0.0884. The van der Waals surface area contributed by atoms with Crippen molar-refractivity contribution in [3.05, 3.63) is 58.7 Å². The number of carbonyl (C=O) groups is 1. The number of aryl methyl sites for hydroxylation is 2. The number of amides is 1. The maximum Gasteiger partial charge on any atom is 0.232 e. The van der Waals surface area contributed by atoms with Crippen LogP contribution < -0.4 is 14.4 Å². The van der Waals surface area contributed by atoms with Gasteiger partial charge in [-0.2, -0.15) is 0 Å². The van der Waals surface area contributed by atoms with Gasteiger partial charge in [0.15, 0.2) is 0 Å². The molecule has 0 fully saturated rings. The maximum absolute atomic E-state index is 12.8. The average Bonchev–Trinajstić information content (AvgIpc) is 2.67. The quantitative estimate of drug-likeness (QED) is 0.659. The van der Waals surface area contributed by atoms with E-state index in [2.05, 4.69) is 11.4 Å². The first-order valence-corrected chi connectivity index (χ1v) is 12.8. The summed E-state index contributed by atoms with van der Waals surface area (Å²) in [4.78, 5) is 12.8. The van der Waals surface area contributed by atoms with Crippen LogP contribution >= 0.6 is 0 Å². The number of fused-ring (bicyclic) bond motifs is 1. The lowest BCUT2D eigenvalue weighted by Crippen LogP contribution is -2.41. The lowest BCUT2D eigenvalue weighted by Gasteiger charge is -2.38. The van der Waals surface area contributed by atoms with E-state index in [4.69, 9.17) is 4.74 Å². The van der Waals surface area contributed by atoms with Crippen LogP contribution in [0.3, 0.4) is 0 Å². The zero-order valence-electron chi connectivity index (χ0n) is 19.9. The molecule has 0 bridgehead atoms. The van der Waals surface area contributed by atoms with Gasteiger partial charge in [0.2, 0.25) is 15.9 Å². The smallest absolute Gasteiger partial charge is 0.232 e. The molecule has 0 aliphatic carbocycles. The van der Waals surface area contributed by atoms with E-state index in [1.807, 2.05) is 65.0 Å². The molecule has 0 unspecified atom stereocenters. The van der Waals surface area contributed by atoms with Gasteiger partial charge in [0.25, 0.3) is 0 Å². The van der Waals surface area contributed by atoms with Gasteiger partial charge in [0.1, 0.15) is 11.4 Å². The lowest BCUT2D eigenvalue weighted by atomic mass is 9.89. The molecule has 0 saturated carbocycles. The van der Waals surface area contributed by atoms with Crippen LogP contribution in [0.25, 0.3) is 0 Å². The van der Waals surface area contributed by atoms with E-state index < -0.39 is 10.0 Å². The van der Waals surface area contributed by atoms with Crippen LogP contribution in [0.1, 0.15) is 61.4 Å². The molecule has 0 aromatic heterocycles. The summed E-state index contributed by atoms with van der Waals surface area (Å²) in [5.41, 5.74) is 4.36. The van der Waals surface area contributed by atoms with Gasteiger partial charge in [-0.05, 0) is 64.3 Å². The van der Waals surface area contributed by atoms with E-state index in [-0.39, 0.29) is 30.5 Å². The van der Waals surface area contributed by atoms with Crippen molar-refractivity contribution in [1.29, 1.82) is 0 Å². The summed E-state index contributed by atoms with van der Waals surface area (Å²) in [6.07, 6.45) is 2.56. The van der Waals surface area contributed by atoms with Crippen molar-refractivity contribution >= 4 is 21.6 Å². The fourth-order valence-electron chi connectivity index (χ4n) is 4.22. The van der Waals surface area contributed by atoms with Crippen molar-refractivity contribution in [2.75, 3.05) is 17.1 Å². The molecule has 1 heterocycles. The number of benzene rings is 2. The molecule has 2 aromatic rings. The van der Waals surface area contributed by atoms with Crippen molar-refractivity contribution in [1.82, 2.24) is 5.32 Å². The molecule has 7 heteroatoms. The zero-order chi connectivity index (χ0) is 23.7. The Morgan fingerprint density at radius 2 is 1.91 bits per heavy atom. The standard InChI is InChI=1S/C25H34N2O4S/c1-17-12-13-23-20(15-17)21(16-25(4,5)31-23)26-24(28)11-8-14-27(32(6,29)30)22-10-7-9-18(2)19(22)3/h7,9-10,12-13,15,21H,8,11,14,16H2,1-6H3,(H,26,28)/t21-/m1/s1. The van der Waals surface area contributed by atoms with Crippen molar-refractivity contribution in [2.24, 2.45) is 0 Å². The van der Waals surface area contributed by atoms with E-state index in [1.54, 1.807) is 0 Å². The molecule has 0 radical (unpaired) electrons. The molecule has 3 rings (SSSR count). The van der Waals surface area contributed by atoms with Crippen molar-refractivity contribution in [2.45, 2.75) is 65.5 Å². The molecule has 1 amide bonds. The first-order chi connectivity index (χ1) is 14.9. The molecular formula is C25H34N2O4S.